The lowest BCUT2D eigenvalue weighted by molar-refractivity contribution is 0.296. The molecule has 1 aliphatic heterocycles. The van der Waals surface area contributed by atoms with Crippen molar-refractivity contribution in [3.05, 3.63) is 48.0 Å². The molecule has 1 heterocycles. The molecule has 1 saturated carbocycles. The molecule has 1 unspecified atom stereocenters. The van der Waals surface area contributed by atoms with E-state index in [1.165, 1.54) is 0 Å². The highest BCUT2D eigenvalue weighted by Gasteiger charge is 2.38. The number of hydrogen-bond donors (Lipinski definition) is 0. The Bertz CT molecular complexity index is 954. The zero-order valence-electron chi connectivity index (χ0n) is 16.8. The number of rotatable bonds is 7. The number of hydrogen-bond acceptors (Lipinski definition) is 5. The number of ether oxygens (including phenoxy) is 3. The molecule has 0 saturated heterocycles. The number of sulfonamides is 1. The van der Waals surface area contributed by atoms with Gasteiger partial charge in [0, 0.05) is 25.1 Å². The number of fused-ring (bicyclic) bond motifs is 1. The highest BCUT2D eigenvalue weighted by Crippen LogP contribution is 2.39. The Morgan fingerprint density at radius 2 is 1.76 bits per heavy atom. The van der Waals surface area contributed by atoms with E-state index in [1.54, 1.807) is 29.6 Å². The van der Waals surface area contributed by atoms with Crippen molar-refractivity contribution < 1.29 is 22.6 Å². The number of nitrogens with zero attached hydrogens (tertiary/aromatic N) is 1. The van der Waals surface area contributed by atoms with Gasteiger partial charge in [0.05, 0.1) is 25.2 Å². The third-order valence-corrected chi connectivity index (χ3v) is 7.51. The molecule has 0 amide bonds. The maximum Gasteiger partial charge on any atom is 0.243 e. The smallest absolute Gasteiger partial charge is 0.243 e. The van der Waals surface area contributed by atoms with Crippen LogP contribution < -0.4 is 14.2 Å². The quantitative estimate of drug-likeness (QED) is 0.685. The van der Waals surface area contributed by atoms with Gasteiger partial charge in [0.15, 0.2) is 11.5 Å². The van der Waals surface area contributed by atoms with Crippen molar-refractivity contribution in [3.8, 4) is 17.2 Å². The van der Waals surface area contributed by atoms with Gasteiger partial charge in [-0.25, -0.2) is 8.42 Å². The van der Waals surface area contributed by atoms with E-state index >= 15 is 0 Å². The Morgan fingerprint density at radius 1 is 1.07 bits per heavy atom. The van der Waals surface area contributed by atoms with Gasteiger partial charge in [0.1, 0.15) is 5.75 Å². The van der Waals surface area contributed by atoms with Gasteiger partial charge < -0.3 is 14.2 Å². The molecule has 2 aromatic carbocycles. The van der Waals surface area contributed by atoms with E-state index in [-0.39, 0.29) is 10.9 Å². The maximum absolute atomic E-state index is 13.6. The van der Waals surface area contributed by atoms with Crippen LogP contribution in [-0.2, 0) is 16.6 Å². The summed E-state index contributed by atoms with van der Waals surface area (Å²) >= 11 is 0. The Kier molecular flexibility index (Phi) is 5.69. The lowest BCUT2D eigenvalue weighted by Crippen LogP contribution is -2.39. The predicted molar refractivity (Wildman–Crippen MR) is 110 cm³/mol. The summed E-state index contributed by atoms with van der Waals surface area (Å²) in [4.78, 5) is 0.239. The van der Waals surface area contributed by atoms with Crippen molar-refractivity contribution in [2.24, 2.45) is 5.92 Å². The van der Waals surface area contributed by atoms with Crippen LogP contribution >= 0.6 is 0 Å². The molecule has 0 bridgehead atoms. The summed E-state index contributed by atoms with van der Waals surface area (Å²) in [5.74, 6) is 2.25. The van der Waals surface area contributed by atoms with E-state index in [1.807, 2.05) is 31.2 Å². The van der Waals surface area contributed by atoms with Gasteiger partial charge in [-0.15, -0.1) is 0 Å². The molecule has 0 N–H and O–H groups in total. The van der Waals surface area contributed by atoms with Crippen molar-refractivity contribution in [1.29, 1.82) is 0 Å². The second-order valence-electron chi connectivity index (χ2n) is 7.64. The minimum Gasteiger partial charge on any atom is -0.497 e. The first-order valence-electron chi connectivity index (χ1n) is 10.0. The van der Waals surface area contributed by atoms with Crippen LogP contribution in [0.15, 0.2) is 47.4 Å². The lowest BCUT2D eigenvalue weighted by atomic mass is 10.1. The summed E-state index contributed by atoms with van der Waals surface area (Å²) < 4.78 is 45.4. The molecule has 1 atom stereocenters. The molecule has 156 valence electrons. The van der Waals surface area contributed by atoms with Crippen molar-refractivity contribution >= 4 is 10.0 Å². The third kappa shape index (κ3) is 4.36. The van der Waals surface area contributed by atoms with Crippen LogP contribution in [0, 0.1) is 5.92 Å². The fourth-order valence-corrected chi connectivity index (χ4v) is 5.31. The first-order chi connectivity index (χ1) is 14.0. The van der Waals surface area contributed by atoms with Crippen LogP contribution in [0.25, 0.3) is 0 Å². The van der Waals surface area contributed by atoms with E-state index in [2.05, 4.69) is 0 Å². The molecule has 2 aliphatic rings. The van der Waals surface area contributed by atoms with Gasteiger partial charge in [0.25, 0.3) is 0 Å². The maximum atomic E-state index is 13.6. The Hall–Kier alpha value is -2.25. The van der Waals surface area contributed by atoms with E-state index < -0.39 is 10.0 Å². The SMILES string of the molecule is COc1ccc(CN(C(C)C2CC2)S(=O)(=O)c2ccc3c(c2)OCCCO3)cc1. The van der Waals surface area contributed by atoms with Crippen molar-refractivity contribution in [3.63, 3.8) is 0 Å². The molecule has 6 nitrogen and oxygen atoms in total. The van der Waals surface area contributed by atoms with Crippen LogP contribution in [0.3, 0.4) is 0 Å². The Balaban J connectivity index is 1.66. The summed E-state index contributed by atoms with van der Waals surface area (Å²) in [5.41, 5.74) is 0.927. The van der Waals surface area contributed by atoms with Crippen LogP contribution in [-0.4, -0.2) is 39.1 Å². The van der Waals surface area contributed by atoms with E-state index in [4.69, 9.17) is 14.2 Å². The van der Waals surface area contributed by atoms with Gasteiger partial charge in [-0.3, -0.25) is 0 Å². The third-order valence-electron chi connectivity index (χ3n) is 5.58. The molecule has 2 aromatic rings. The minimum absolute atomic E-state index is 0.0712. The molecule has 0 aromatic heterocycles. The van der Waals surface area contributed by atoms with Crippen molar-refractivity contribution in [1.82, 2.24) is 4.31 Å². The fourth-order valence-electron chi connectivity index (χ4n) is 3.61. The lowest BCUT2D eigenvalue weighted by Gasteiger charge is -2.29. The molecule has 0 spiro atoms. The molecule has 4 rings (SSSR count). The topological polar surface area (TPSA) is 65.1 Å². The summed E-state index contributed by atoms with van der Waals surface area (Å²) in [5, 5.41) is 0. The van der Waals surface area contributed by atoms with Crippen LogP contribution in [0.4, 0.5) is 0 Å². The predicted octanol–water partition coefficient (Wildman–Crippen LogP) is 3.85. The second-order valence-corrected chi connectivity index (χ2v) is 9.53. The van der Waals surface area contributed by atoms with Gasteiger partial charge in [-0.05, 0) is 55.5 Å². The largest absolute Gasteiger partial charge is 0.497 e. The zero-order chi connectivity index (χ0) is 20.4. The normalized spacial score (nSPS) is 17.6. The second kappa shape index (κ2) is 8.24. The summed E-state index contributed by atoms with van der Waals surface area (Å²) in [6.45, 7) is 3.41. The first-order valence-corrected chi connectivity index (χ1v) is 11.5. The molecule has 1 fully saturated rings. The van der Waals surface area contributed by atoms with Crippen molar-refractivity contribution in [2.75, 3.05) is 20.3 Å². The molecule has 29 heavy (non-hydrogen) atoms. The highest BCUT2D eigenvalue weighted by atomic mass is 32.2. The minimum atomic E-state index is -3.70. The fraction of sp³-hybridized carbons (Fsp3) is 0.455. The molecule has 7 heteroatoms. The average Bonchev–Trinajstić information content (AvgIpc) is 3.58. The monoisotopic (exact) mass is 417 g/mol. The summed E-state index contributed by atoms with van der Waals surface area (Å²) in [7, 11) is -2.08. The molecular formula is C22H27NO5S. The van der Waals surface area contributed by atoms with Crippen LogP contribution in [0.1, 0.15) is 31.7 Å². The average molecular weight is 418 g/mol. The van der Waals surface area contributed by atoms with Crippen LogP contribution in [0.2, 0.25) is 0 Å². The van der Waals surface area contributed by atoms with Crippen molar-refractivity contribution in [2.45, 2.75) is 43.7 Å². The molecular weight excluding hydrogens is 390 g/mol. The van der Waals surface area contributed by atoms with Gasteiger partial charge >= 0.3 is 0 Å². The van der Waals surface area contributed by atoms with E-state index in [9.17, 15) is 8.42 Å². The number of benzene rings is 2. The molecule has 0 radical (unpaired) electrons. The molecule has 1 aliphatic carbocycles. The number of methoxy groups -OCH3 is 1. The summed E-state index contributed by atoms with van der Waals surface area (Å²) in [6, 6.07) is 12.4. The van der Waals surface area contributed by atoms with E-state index in [0.717, 1.165) is 30.6 Å². The standard InChI is InChI=1S/C22H27NO5S/c1-16(18-6-7-18)23(15-17-4-8-19(26-2)9-5-17)29(24,25)20-10-11-21-22(14-20)28-13-3-12-27-21/h4-5,8-11,14,16,18H,3,6-7,12-13,15H2,1-2H3. The highest BCUT2D eigenvalue weighted by molar-refractivity contribution is 7.89. The zero-order valence-corrected chi connectivity index (χ0v) is 17.7. The van der Waals surface area contributed by atoms with E-state index in [0.29, 0.717) is 37.2 Å². The Labute approximate surface area is 172 Å². The van der Waals surface area contributed by atoms with Gasteiger partial charge in [-0.2, -0.15) is 4.31 Å². The van der Waals surface area contributed by atoms with Gasteiger partial charge in [-0.1, -0.05) is 12.1 Å². The first kappa shape index (κ1) is 20.0. The van der Waals surface area contributed by atoms with Crippen LogP contribution in [0.5, 0.6) is 17.2 Å². The van der Waals surface area contributed by atoms with Gasteiger partial charge in [0.2, 0.25) is 10.0 Å². The Morgan fingerprint density at radius 3 is 2.41 bits per heavy atom. The summed E-state index contributed by atoms with van der Waals surface area (Å²) in [6.07, 6.45) is 2.91.